The molecule has 0 saturated heterocycles. The minimum absolute atomic E-state index is 0.0442. The van der Waals surface area contributed by atoms with E-state index in [-0.39, 0.29) is 23.1 Å². The van der Waals surface area contributed by atoms with Crippen LogP contribution in [-0.2, 0) is 6.18 Å². The summed E-state index contributed by atoms with van der Waals surface area (Å²) >= 11 is 0. The van der Waals surface area contributed by atoms with Gasteiger partial charge in [0, 0.05) is 5.69 Å². The fourth-order valence-corrected chi connectivity index (χ4v) is 2.20. The molecule has 3 rings (SSSR count). The van der Waals surface area contributed by atoms with Gasteiger partial charge in [-0.2, -0.15) is 13.2 Å². The van der Waals surface area contributed by atoms with Gasteiger partial charge in [-0.25, -0.2) is 9.97 Å². The number of benzene rings is 1. The molecule has 1 amide bonds. The lowest BCUT2D eigenvalue weighted by atomic mass is 10.2. The first-order valence-electron chi connectivity index (χ1n) is 7.79. The topological polar surface area (TPSA) is 135 Å². The zero-order valence-corrected chi connectivity index (χ0v) is 14.2. The number of nitro groups is 1. The first-order chi connectivity index (χ1) is 13.8. The van der Waals surface area contributed by atoms with Crippen LogP contribution in [0.15, 0.2) is 53.4 Å². The maximum absolute atomic E-state index is 12.6. The van der Waals surface area contributed by atoms with Gasteiger partial charge in [0.15, 0.2) is 5.76 Å². The third-order valence-electron chi connectivity index (χ3n) is 3.52. The van der Waals surface area contributed by atoms with Gasteiger partial charge in [0.25, 0.3) is 0 Å². The summed E-state index contributed by atoms with van der Waals surface area (Å²) in [5.41, 5.74) is 3.10. The van der Waals surface area contributed by atoms with Crippen LogP contribution in [0.3, 0.4) is 0 Å². The number of halogens is 3. The van der Waals surface area contributed by atoms with E-state index in [1.807, 2.05) is 0 Å². The highest BCUT2D eigenvalue weighted by Gasteiger charge is 2.30. The molecule has 13 heteroatoms. The highest BCUT2D eigenvalue weighted by atomic mass is 19.4. The number of hydrogen-bond acceptors (Lipinski definition) is 8. The normalized spacial score (nSPS) is 11.0. The highest BCUT2D eigenvalue weighted by Crippen LogP contribution is 2.33. The second-order valence-electron chi connectivity index (χ2n) is 5.43. The maximum atomic E-state index is 12.6. The van der Waals surface area contributed by atoms with Crippen molar-refractivity contribution in [1.82, 2.24) is 15.4 Å². The minimum Gasteiger partial charge on any atom is -0.459 e. The summed E-state index contributed by atoms with van der Waals surface area (Å²) in [6.45, 7) is 0. The molecule has 0 unspecified atom stereocenters. The van der Waals surface area contributed by atoms with Gasteiger partial charge in [-0.1, -0.05) is 0 Å². The summed E-state index contributed by atoms with van der Waals surface area (Å²) in [6, 6.07) is 6.69. The fourth-order valence-electron chi connectivity index (χ4n) is 2.20. The zero-order valence-electron chi connectivity index (χ0n) is 14.2. The molecule has 1 aromatic carbocycles. The van der Waals surface area contributed by atoms with Crippen LogP contribution in [0.4, 0.5) is 36.2 Å². The number of carbonyl (C=O) groups is 1. The molecule has 3 aromatic rings. The second-order valence-corrected chi connectivity index (χ2v) is 5.43. The number of hydrazine groups is 1. The molecule has 0 saturated carbocycles. The molecule has 0 aliphatic carbocycles. The summed E-state index contributed by atoms with van der Waals surface area (Å²) in [4.78, 5) is 30.0. The van der Waals surface area contributed by atoms with E-state index in [0.717, 1.165) is 30.6 Å². The standard InChI is InChI=1S/C16H11F3N6O4/c17-16(18,19)9-3-5-10(6-4-9)22-13-12(25(27)28)14(21-8-20-13)23-24-15(26)11-2-1-7-29-11/h1-8H,(H,24,26)(H2,20,21,22,23). The Morgan fingerprint density at radius 2 is 1.79 bits per heavy atom. The van der Waals surface area contributed by atoms with Gasteiger partial charge in [0.1, 0.15) is 6.33 Å². The minimum atomic E-state index is -4.51. The van der Waals surface area contributed by atoms with E-state index in [4.69, 9.17) is 4.42 Å². The maximum Gasteiger partial charge on any atom is 0.416 e. The lowest BCUT2D eigenvalue weighted by Crippen LogP contribution is -2.30. The van der Waals surface area contributed by atoms with E-state index < -0.39 is 28.3 Å². The highest BCUT2D eigenvalue weighted by molar-refractivity contribution is 5.92. The van der Waals surface area contributed by atoms with Crippen molar-refractivity contribution in [1.29, 1.82) is 0 Å². The summed E-state index contributed by atoms with van der Waals surface area (Å²) in [5.74, 6) is -1.39. The molecule has 2 heterocycles. The largest absolute Gasteiger partial charge is 0.459 e. The average Bonchev–Trinajstić information content (AvgIpc) is 3.20. The Labute approximate surface area is 159 Å². The molecule has 10 nitrogen and oxygen atoms in total. The molecule has 0 atom stereocenters. The number of nitrogens with one attached hydrogen (secondary N) is 3. The molecule has 29 heavy (non-hydrogen) atoms. The van der Waals surface area contributed by atoms with Crippen molar-refractivity contribution in [3.8, 4) is 0 Å². The third-order valence-corrected chi connectivity index (χ3v) is 3.52. The molecule has 150 valence electrons. The number of alkyl halides is 3. The van der Waals surface area contributed by atoms with Crippen LogP contribution in [-0.4, -0.2) is 20.8 Å². The zero-order chi connectivity index (χ0) is 21.0. The van der Waals surface area contributed by atoms with Gasteiger partial charge in [0.05, 0.1) is 16.7 Å². The van der Waals surface area contributed by atoms with E-state index in [1.54, 1.807) is 0 Å². The molecule has 0 aliphatic heterocycles. The monoisotopic (exact) mass is 408 g/mol. The molecular weight excluding hydrogens is 397 g/mol. The Morgan fingerprint density at radius 3 is 2.38 bits per heavy atom. The summed E-state index contributed by atoms with van der Waals surface area (Å²) in [7, 11) is 0. The molecule has 0 bridgehead atoms. The summed E-state index contributed by atoms with van der Waals surface area (Å²) < 4.78 is 42.8. The molecule has 3 N–H and O–H groups in total. The Balaban J connectivity index is 1.81. The Kier molecular flexibility index (Phi) is 5.29. The van der Waals surface area contributed by atoms with Gasteiger partial charge in [-0.15, -0.1) is 0 Å². The first kappa shape index (κ1) is 19.6. The molecule has 0 aliphatic rings. The van der Waals surface area contributed by atoms with E-state index in [0.29, 0.717) is 0 Å². The van der Waals surface area contributed by atoms with Crippen molar-refractivity contribution < 1.29 is 27.3 Å². The van der Waals surface area contributed by atoms with Crippen molar-refractivity contribution in [2.45, 2.75) is 6.18 Å². The Bertz CT molecular complexity index is 1020. The lowest BCUT2D eigenvalue weighted by molar-refractivity contribution is -0.383. The van der Waals surface area contributed by atoms with Crippen molar-refractivity contribution >= 4 is 28.9 Å². The predicted molar refractivity (Wildman–Crippen MR) is 93.2 cm³/mol. The second kappa shape index (κ2) is 7.84. The van der Waals surface area contributed by atoms with Crippen LogP contribution >= 0.6 is 0 Å². The number of amides is 1. The van der Waals surface area contributed by atoms with Gasteiger partial charge in [-0.3, -0.25) is 25.8 Å². The quantitative estimate of drug-likeness (QED) is 0.417. The third kappa shape index (κ3) is 4.58. The smallest absolute Gasteiger partial charge is 0.416 e. The number of carbonyl (C=O) groups excluding carboxylic acids is 1. The number of furan rings is 1. The van der Waals surface area contributed by atoms with Crippen molar-refractivity contribution in [3.63, 3.8) is 0 Å². The van der Waals surface area contributed by atoms with Crippen molar-refractivity contribution in [2.75, 3.05) is 10.7 Å². The van der Waals surface area contributed by atoms with Crippen molar-refractivity contribution in [2.24, 2.45) is 0 Å². The van der Waals surface area contributed by atoms with Crippen LogP contribution in [0.25, 0.3) is 0 Å². The number of anilines is 3. The molecule has 0 fully saturated rings. The molecule has 2 aromatic heterocycles. The van der Waals surface area contributed by atoms with Gasteiger partial charge in [-0.05, 0) is 36.4 Å². The van der Waals surface area contributed by atoms with Gasteiger partial charge in [0.2, 0.25) is 11.6 Å². The number of aromatic nitrogens is 2. The van der Waals surface area contributed by atoms with Crippen molar-refractivity contribution in [3.05, 3.63) is 70.4 Å². The van der Waals surface area contributed by atoms with E-state index in [2.05, 4.69) is 26.1 Å². The van der Waals surface area contributed by atoms with Crippen LogP contribution in [0, 0.1) is 10.1 Å². The summed E-state index contributed by atoms with van der Waals surface area (Å²) in [6.07, 6.45) is -2.27. The van der Waals surface area contributed by atoms with Crippen LogP contribution in [0.5, 0.6) is 0 Å². The number of nitrogens with zero attached hydrogens (tertiary/aromatic N) is 3. The van der Waals surface area contributed by atoms with Crippen LogP contribution in [0.1, 0.15) is 16.1 Å². The van der Waals surface area contributed by atoms with E-state index >= 15 is 0 Å². The van der Waals surface area contributed by atoms with Crippen LogP contribution < -0.4 is 16.2 Å². The SMILES string of the molecule is O=C(NNc1ncnc(Nc2ccc(C(F)(F)F)cc2)c1[N+](=O)[O-])c1ccco1. The molecular formula is C16H11F3N6O4. The Morgan fingerprint density at radius 1 is 1.10 bits per heavy atom. The van der Waals surface area contributed by atoms with Gasteiger partial charge >= 0.3 is 17.8 Å². The molecule has 0 radical (unpaired) electrons. The number of hydrogen-bond donors (Lipinski definition) is 3. The average molecular weight is 408 g/mol. The summed E-state index contributed by atoms with van der Waals surface area (Å²) in [5, 5.41) is 14.0. The molecule has 0 spiro atoms. The predicted octanol–water partition coefficient (Wildman–Crippen LogP) is 3.50. The first-order valence-corrected chi connectivity index (χ1v) is 7.79. The lowest BCUT2D eigenvalue weighted by Gasteiger charge is -2.11. The van der Waals surface area contributed by atoms with Crippen LogP contribution in [0.2, 0.25) is 0 Å². The number of rotatable bonds is 6. The van der Waals surface area contributed by atoms with E-state index in [9.17, 15) is 28.1 Å². The Hall–Kier alpha value is -4.16. The van der Waals surface area contributed by atoms with Gasteiger partial charge < -0.3 is 9.73 Å². The fraction of sp³-hybridized carbons (Fsp3) is 0.0625. The van der Waals surface area contributed by atoms with E-state index in [1.165, 1.54) is 18.4 Å².